The van der Waals surface area contributed by atoms with Crippen LogP contribution in [-0.4, -0.2) is 67.0 Å². The van der Waals surface area contributed by atoms with E-state index in [0.717, 1.165) is 19.4 Å². The SMILES string of the molecule is CN1CCN(C(=O)COc2ccc(F)c(Cl)c2)CC12CCNC(=O)CC2. The molecule has 0 aromatic heterocycles. The van der Waals surface area contributed by atoms with Crippen molar-refractivity contribution in [1.29, 1.82) is 0 Å². The number of ether oxygens (including phenoxy) is 1. The molecule has 1 spiro atoms. The highest BCUT2D eigenvalue weighted by atomic mass is 35.5. The molecule has 2 amide bonds. The number of rotatable bonds is 3. The first kappa shape index (κ1) is 18.9. The number of likely N-dealkylation sites (N-methyl/N-ethyl adjacent to an activating group) is 1. The van der Waals surface area contributed by atoms with Crippen LogP contribution in [0.5, 0.6) is 5.75 Å². The Kier molecular flexibility index (Phi) is 5.67. The van der Waals surface area contributed by atoms with Gasteiger partial charge >= 0.3 is 0 Å². The molecule has 2 saturated heterocycles. The highest BCUT2D eigenvalue weighted by Crippen LogP contribution is 2.30. The molecule has 0 bridgehead atoms. The molecule has 2 heterocycles. The highest BCUT2D eigenvalue weighted by molar-refractivity contribution is 6.30. The average Bonchev–Trinajstić information content (AvgIpc) is 2.80. The number of carbonyl (C=O) groups excluding carboxylic acids is 2. The fourth-order valence-corrected chi connectivity index (χ4v) is 3.78. The van der Waals surface area contributed by atoms with Gasteiger partial charge in [-0.1, -0.05) is 11.6 Å². The molecule has 1 aromatic rings. The van der Waals surface area contributed by atoms with Crippen LogP contribution in [0.1, 0.15) is 19.3 Å². The fourth-order valence-electron chi connectivity index (χ4n) is 3.61. The molecule has 1 N–H and O–H groups in total. The van der Waals surface area contributed by atoms with Gasteiger partial charge in [-0.2, -0.15) is 0 Å². The number of nitrogens with zero attached hydrogens (tertiary/aromatic N) is 2. The minimum absolute atomic E-state index is 0.0379. The molecule has 1 unspecified atom stereocenters. The fraction of sp³-hybridized carbons (Fsp3) is 0.556. The Labute approximate surface area is 157 Å². The number of carbonyl (C=O) groups is 2. The molecule has 2 aliphatic heterocycles. The number of benzene rings is 1. The summed E-state index contributed by atoms with van der Waals surface area (Å²) in [6.45, 7) is 2.44. The van der Waals surface area contributed by atoms with Crippen LogP contribution in [0.2, 0.25) is 5.02 Å². The predicted octanol–water partition coefficient (Wildman–Crippen LogP) is 1.67. The Balaban J connectivity index is 1.62. The maximum Gasteiger partial charge on any atom is 0.260 e. The van der Waals surface area contributed by atoms with E-state index in [-0.39, 0.29) is 29.0 Å². The normalized spacial score (nSPS) is 24.3. The molecular weight excluding hydrogens is 361 g/mol. The lowest BCUT2D eigenvalue weighted by atomic mass is 9.86. The molecule has 1 aromatic carbocycles. The molecule has 6 nitrogen and oxygen atoms in total. The van der Waals surface area contributed by atoms with Crippen molar-refractivity contribution in [1.82, 2.24) is 15.1 Å². The van der Waals surface area contributed by atoms with E-state index in [1.807, 2.05) is 0 Å². The third-order valence-electron chi connectivity index (χ3n) is 5.34. The first-order valence-electron chi connectivity index (χ1n) is 8.73. The number of amides is 2. The maximum atomic E-state index is 13.2. The minimum atomic E-state index is -0.525. The Bertz CT molecular complexity index is 702. The molecule has 142 valence electrons. The van der Waals surface area contributed by atoms with Gasteiger partial charge in [0.05, 0.1) is 5.02 Å². The summed E-state index contributed by atoms with van der Waals surface area (Å²) in [4.78, 5) is 28.3. The van der Waals surface area contributed by atoms with Gasteiger partial charge in [0.1, 0.15) is 11.6 Å². The Morgan fingerprint density at radius 2 is 2.19 bits per heavy atom. The second-order valence-corrected chi connectivity index (χ2v) is 7.33. The van der Waals surface area contributed by atoms with Crippen LogP contribution in [-0.2, 0) is 9.59 Å². The lowest BCUT2D eigenvalue weighted by Gasteiger charge is -2.49. The second-order valence-electron chi connectivity index (χ2n) is 6.93. The summed E-state index contributed by atoms with van der Waals surface area (Å²) in [7, 11) is 2.05. The van der Waals surface area contributed by atoms with E-state index in [0.29, 0.717) is 31.8 Å². The van der Waals surface area contributed by atoms with E-state index in [1.165, 1.54) is 18.2 Å². The van der Waals surface area contributed by atoms with Crippen molar-refractivity contribution in [3.05, 3.63) is 29.0 Å². The number of hydrogen-bond donors (Lipinski definition) is 1. The summed E-state index contributed by atoms with van der Waals surface area (Å²) in [5.74, 6) is -0.225. The molecule has 0 radical (unpaired) electrons. The van der Waals surface area contributed by atoms with Crippen LogP contribution >= 0.6 is 11.6 Å². The first-order valence-corrected chi connectivity index (χ1v) is 9.11. The van der Waals surface area contributed by atoms with Gasteiger partial charge in [0, 0.05) is 44.2 Å². The molecule has 2 fully saturated rings. The van der Waals surface area contributed by atoms with Gasteiger partial charge in [0.15, 0.2) is 6.61 Å². The van der Waals surface area contributed by atoms with Crippen molar-refractivity contribution in [2.45, 2.75) is 24.8 Å². The summed E-state index contributed by atoms with van der Waals surface area (Å²) < 4.78 is 18.7. The first-order chi connectivity index (χ1) is 12.4. The standard InChI is InChI=1S/C18H23ClFN3O3/c1-22-8-9-23(12-18(22)5-4-16(24)21-7-6-18)17(25)11-26-13-2-3-15(20)14(19)10-13/h2-3,10H,4-9,11-12H2,1H3,(H,21,24). The smallest absolute Gasteiger partial charge is 0.260 e. The van der Waals surface area contributed by atoms with Crippen LogP contribution in [0.25, 0.3) is 0 Å². The van der Waals surface area contributed by atoms with E-state index >= 15 is 0 Å². The zero-order valence-electron chi connectivity index (χ0n) is 14.8. The quantitative estimate of drug-likeness (QED) is 0.862. The Morgan fingerprint density at radius 1 is 1.38 bits per heavy atom. The summed E-state index contributed by atoms with van der Waals surface area (Å²) >= 11 is 5.73. The summed E-state index contributed by atoms with van der Waals surface area (Å²) in [5.41, 5.74) is -0.188. The van der Waals surface area contributed by atoms with Gasteiger partial charge in [-0.05, 0) is 32.0 Å². The largest absolute Gasteiger partial charge is 0.484 e. The van der Waals surface area contributed by atoms with Crippen molar-refractivity contribution in [2.24, 2.45) is 0 Å². The summed E-state index contributed by atoms with van der Waals surface area (Å²) in [5, 5.41) is 2.86. The van der Waals surface area contributed by atoms with Gasteiger partial charge < -0.3 is 15.0 Å². The monoisotopic (exact) mass is 383 g/mol. The van der Waals surface area contributed by atoms with Crippen molar-refractivity contribution in [2.75, 3.05) is 39.8 Å². The van der Waals surface area contributed by atoms with Gasteiger partial charge in [0.25, 0.3) is 5.91 Å². The maximum absolute atomic E-state index is 13.2. The molecule has 2 aliphatic rings. The lowest BCUT2D eigenvalue weighted by molar-refractivity contribution is -0.139. The molecule has 3 rings (SSSR count). The van der Waals surface area contributed by atoms with Crippen LogP contribution in [0, 0.1) is 5.82 Å². The predicted molar refractivity (Wildman–Crippen MR) is 95.7 cm³/mol. The van der Waals surface area contributed by atoms with E-state index in [1.54, 1.807) is 4.90 Å². The molecule has 1 atom stereocenters. The number of piperazine rings is 1. The van der Waals surface area contributed by atoms with Crippen LogP contribution in [0.4, 0.5) is 4.39 Å². The number of halogens is 2. The van der Waals surface area contributed by atoms with E-state index < -0.39 is 5.82 Å². The third kappa shape index (κ3) is 4.10. The van der Waals surface area contributed by atoms with Crippen LogP contribution < -0.4 is 10.1 Å². The van der Waals surface area contributed by atoms with E-state index in [2.05, 4.69) is 17.3 Å². The molecule has 0 aliphatic carbocycles. The van der Waals surface area contributed by atoms with Crippen LogP contribution in [0.3, 0.4) is 0 Å². The molecule has 0 saturated carbocycles. The van der Waals surface area contributed by atoms with Gasteiger partial charge in [-0.15, -0.1) is 0 Å². The van der Waals surface area contributed by atoms with Gasteiger partial charge in [-0.25, -0.2) is 4.39 Å². The van der Waals surface area contributed by atoms with E-state index in [4.69, 9.17) is 16.3 Å². The lowest BCUT2D eigenvalue weighted by Crippen LogP contribution is -2.62. The second kappa shape index (κ2) is 7.80. The molecule has 8 heteroatoms. The topological polar surface area (TPSA) is 61.9 Å². The zero-order valence-corrected chi connectivity index (χ0v) is 15.5. The average molecular weight is 384 g/mol. The van der Waals surface area contributed by atoms with Crippen LogP contribution in [0.15, 0.2) is 18.2 Å². The Morgan fingerprint density at radius 3 is 2.96 bits per heavy atom. The van der Waals surface area contributed by atoms with Gasteiger partial charge in [-0.3, -0.25) is 14.5 Å². The van der Waals surface area contributed by atoms with Crippen molar-refractivity contribution in [3.63, 3.8) is 0 Å². The van der Waals surface area contributed by atoms with Crippen molar-refractivity contribution in [3.8, 4) is 5.75 Å². The third-order valence-corrected chi connectivity index (χ3v) is 5.63. The Hall–Kier alpha value is -1.86. The summed E-state index contributed by atoms with van der Waals surface area (Å²) in [6, 6.07) is 4.02. The number of nitrogens with one attached hydrogen (secondary N) is 1. The molecular formula is C18H23ClFN3O3. The van der Waals surface area contributed by atoms with Crippen molar-refractivity contribution < 1.29 is 18.7 Å². The summed E-state index contributed by atoms with van der Waals surface area (Å²) in [6.07, 6.45) is 2.01. The van der Waals surface area contributed by atoms with Crippen molar-refractivity contribution >= 4 is 23.4 Å². The van der Waals surface area contributed by atoms with E-state index in [9.17, 15) is 14.0 Å². The highest BCUT2D eigenvalue weighted by Gasteiger charge is 2.42. The number of hydrogen-bond acceptors (Lipinski definition) is 4. The molecule has 26 heavy (non-hydrogen) atoms. The zero-order chi connectivity index (χ0) is 18.7. The van der Waals surface area contributed by atoms with Gasteiger partial charge in [0.2, 0.25) is 5.91 Å². The minimum Gasteiger partial charge on any atom is -0.484 e.